The third-order valence-corrected chi connectivity index (χ3v) is 3.78. The van der Waals surface area contributed by atoms with Gasteiger partial charge in [-0.25, -0.2) is 0 Å². The fourth-order valence-electron chi connectivity index (χ4n) is 2.70. The molecule has 0 aliphatic carbocycles. The van der Waals surface area contributed by atoms with Crippen molar-refractivity contribution in [3.05, 3.63) is 35.9 Å². The topological polar surface area (TPSA) is 49.8 Å². The Morgan fingerprint density at radius 2 is 2.15 bits per heavy atom. The molecule has 1 aliphatic rings. The lowest BCUT2D eigenvalue weighted by Gasteiger charge is -2.29. The molecule has 20 heavy (non-hydrogen) atoms. The monoisotopic (exact) mass is 277 g/mol. The standard InChI is InChI=1S/C16H23NO3/c1-17(11-14-9-5-6-10-20-14)12-15(16(18)19)13-7-3-2-4-8-13/h2-4,7-8,14-15H,5-6,9-12H2,1H3,(H,18,19). The zero-order chi connectivity index (χ0) is 14.4. The minimum atomic E-state index is -0.771. The van der Waals surface area contributed by atoms with Gasteiger partial charge in [-0.3, -0.25) is 4.79 Å². The van der Waals surface area contributed by atoms with E-state index in [-0.39, 0.29) is 6.10 Å². The Kier molecular flexibility index (Phi) is 5.56. The van der Waals surface area contributed by atoms with Gasteiger partial charge in [0.1, 0.15) is 0 Å². The normalized spacial score (nSPS) is 20.8. The number of ether oxygens (including phenoxy) is 1. The second-order valence-corrected chi connectivity index (χ2v) is 5.51. The summed E-state index contributed by atoms with van der Waals surface area (Å²) in [5.41, 5.74) is 0.858. The molecule has 1 N–H and O–H groups in total. The second kappa shape index (κ2) is 7.41. The maximum atomic E-state index is 11.5. The lowest BCUT2D eigenvalue weighted by molar-refractivity contribution is -0.139. The van der Waals surface area contributed by atoms with Crippen LogP contribution in [0.15, 0.2) is 30.3 Å². The molecule has 4 nitrogen and oxygen atoms in total. The summed E-state index contributed by atoms with van der Waals surface area (Å²) in [7, 11) is 1.97. The van der Waals surface area contributed by atoms with Gasteiger partial charge in [-0.05, 0) is 31.9 Å². The van der Waals surface area contributed by atoms with Gasteiger partial charge in [0.2, 0.25) is 0 Å². The smallest absolute Gasteiger partial charge is 0.312 e. The summed E-state index contributed by atoms with van der Waals surface area (Å²) in [5.74, 6) is -1.25. The number of benzene rings is 1. The number of hydrogen-bond donors (Lipinski definition) is 1. The number of likely N-dealkylation sites (N-methyl/N-ethyl adjacent to an activating group) is 1. The molecule has 2 atom stereocenters. The highest BCUT2D eigenvalue weighted by atomic mass is 16.5. The Morgan fingerprint density at radius 3 is 2.75 bits per heavy atom. The number of carbonyl (C=O) groups is 1. The molecule has 1 fully saturated rings. The van der Waals surface area contributed by atoms with E-state index in [2.05, 4.69) is 4.90 Å². The summed E-state index contributed by atoms with van der Waals surface area (Å²) in [5, 5.41) is 9.42. The molecule has 4 heteroatoms. The van der Waals surface area contributed by atoms with Gasteiger partial charge >= 0.3 is 5.97 Å². The van der Waals surface area contributed by atoms with Crippen LogP contribution in [0.1, 0.15) is 30.7 Å². The number of rotatable bonds is 6. The number of carboxylic acid groups (broad SMARTS) is 1. The molecule has 2 unspecified atom stereocenters. The number of nitrogens with zero attached hydrogens (tertiary/aromatic N) is 1. The van der Waals surface area contributed by atoms with Crippen molar-refractivity contribution in [3.8, 4) is 0 Å². The lowest BCUT2D eigenvalue weighted by Crippen LogP contribution is -2.37. The van der Waals surface area contributed by atoms with Crippen LogP contribution in [0.3, 0.4) is 0 Å². The zero-order valence-electron chi connectivity index (χ0n) is 12.0. The molecule has 1 aromatic rings. The van der Waals surface area contributed by atoms with Crippen LogP contribution in [-0.2, 0) is 9.53 Å². The predicted octanol–water partition coefficient (Wildman–Crippen LogP) is 2.36. The third kappa shape index (κ3) is 4.32. The minimum Gasteiger partial charge on any atom is -0.481 e. The van der Waals surface area contributed by atoms with E-state index < -0.39 is 11.9 Å². The highest BCUT2D eigenvalue weighted by molar-refractivity contribution is 5.76. The molecular weight excluding hydrogens is 254 g/mol. The molecule has 0 spiro atoms. The van der Waals surface area contributed by atoms with Gasteiger partial charge in [-0.1, -0.05) is 30.3 Å². The van der Waals surface area contributed by atoms with Gasteiger partial charge in [0.25, 0.3) is 0 Å². The highest BCUT2D eigenvalue weighted by Gasteiger charge is 2.23. The second-order valence-electron chi connectivity index (χ2n) is 5.51. The van der Waals surface area contributed by atoms with E-state index in [1.165, 1.54) is 6.42 Å². The van der Waals surface area contributed by atoms with Gasteiger partial charge in [0.05, 0.1) is 12.0 Å². The van der Waals surface area contributed by atoms with Crippen molar-refractivity contribution in [1.82, 2.24) is 4.90 Å². The van der Waals surface area contributed by atoms with Crippen molar-refractivity contribution < 1.29 is 14.6 Å². The number of aliphatic carboxylic acids is 1. The Morgan fingerprint density at radius 1 is 1.40 bits per heavy atom. The summed E-state index contributed by atoms with van der Waals surface area (Å²) in [6, 6.07) is 9.43. The number of carboxylic acids is 1. The van der Waals surface area contributed by atoms with Crippen molar-refractivity contribution in [2.45, 2.75) is 31.3 Å². The maximum Gasteiger partial charge on any atom is 0.312 e. The Labute approximate surface area is 120 Å². The molecule has 1 aliphatic heterocycles. The molecular formula is C16H23NO3. The molecule has 0 amide bonds. The minimum absolute atomic E-state index is 0.249. The summed E-state index contributed by atoms with van der Waals surface area (Å²) in [4.78, 5) is 13.5. The van der Waals surface area contributed by atoms with Crippen molar-refractivity contribution in [3.63, 3.8) is 0 Å². The fraction of sp³-hybridized carbons (Fsp3) is 0.562. The van der Waals surface area contributed by atoms with Crippen LogP contribution in [0.4, 0.5) is 0 Å². The molecule has 110 valence electrons. The molecule has 1 aromatic carbocycles. The van der Waals surface area contributed by atoms with Crippen LogP contribution in [0.2, 0.25) is 0 Å². The van der Waals surface area contributed by atoms with Crippen LogP contribution in [-0.4, -0.2) is 48.8 Å². The molecule has 1 heterocycles. The fourth-order valence-corrected chi connectivity index (χ4v) is 2.70. The van der Waals surface area contributed by atoms with Gasteiger partial charge < -0.3 is 14.7 Å². The summed E-state index contributed by atoms with van der Waals surface area (Å²) in [6.45, 7) is 2.15. The van der Waals surface area contributed by atoms with Crippen molar-refractivity contribution in [2.75, 3.05) is 26.7 Å². The largest absolute Gasteiger partial charge is 0.481 e. The van der Waals surface area contributed by atoms with E-state index in [4.69, 9.17) is 4.74 Å². The lowest BCUT2D eigenvalue weighted by atomic mass is 9.98. The molecule has 0 bridgehead atoms. The van der Waals surface area contributed by atoms with Gasteiger partial charge in [0, 0.05) is 19.7 Å². The molecule has 0 aromatic heterocycles. The van der Waals surface area contributed by atoms with Crippen LogP contribution in [0.5, 0.6) is 0 Å². The van der Waals surface area contributed by atoms with Gasteiger partial charge in [-0.15, -0.1) is 0 Å². The van der Waals surface area contributed by atoms with E-state index >= 15 is 0 Å². The maximum absolute atomic E-state index is 11.5. The SMILES string of the molecule is CN(CC1CCCCO1)CC(C(=O)O)c1ccccc1. The van der Waals surface area contributed by atoms with Crippen molar-refractivity contribution in [2.24, 2.45) is 0 Å². The van der Waals surface area contributed by atoms with Gasteiger partial charge in [-0.2, -0.15) is 0 Å². The number of hydrogen-bond acceptors (Lipinski definition) is 3. The average Bonchev–Trinajstić information content (AvgIpc) is 2.46. The molecule has 0 saturated carbocycles. The summed E-state index contributed by atoms with van der Waals surface area (Å²) < 4.78 is 5.71. The van der Waals surface area contributed by atoms with E-state index in [0.29, 0.717) is 6.54 Å². The first-order valence-corrected chi connectivity index (χ1v) is 7.24. The van der Waals surface area contributed by atoms with E-state index in [1.807, 2.05) is 37.4 Å². The van der Waals surface area contributed by atoms with Crippen molar-refractivity contribution in [1.29, 1.82) is 0 Å². The highest BCUT2D eigenvalue weighted by Crippen LogP contribution is 2.19. The molecule has 2 rings (SSSR count). The Bertz CT molecular complexity index is 415. The average molecular weight is 277 g/mol. The molecule has 0 radical (unpaired) electrons. The van der Waals surface area contributed by atoms with Crippen molar-refractivity contribution >= 4 is 5.97 Å². The Balaban J connectivity index is 1.92. The van der Waals surface area contributed by atoms with Gasteiger partial charge in [0.15, 0.2) is 0 Å². The predicted molar refractivity (Wildman–Crippen MR) is 77.9 cm³/mol. The van der Waals surface area contributed by atoms with Crippen LogP contribution >= 0.6 is 0 Å². The van der Waals surface area contributed by atoms with E-state index in [0.717, 1.165) is 31.6 Å². The zero-order valence-corrected chi connectivity index (χ0v) is 12.0. The molecule has 1 saturated heterocycles. The third-order valence-electron chi connectivity index (χ3n) is 3.78. The van der Waals surface area contributed by atoms with Crippen LogP contribution in [0, 0.1) is 0 Å². The quantitative estimate of drug-likeness (QED) is 0.867. The van der Waals surface area contributed by atoms with Crippen LogP contribution < -0.4 is 0 Å². The first-order valence-electron chi connectivity index (χ1n) is 7.24. The summed E-state index contributed by atoms with van der Waals surface area (Å²) in [6.07, 6.45) is 3.67. The Hall–Kier alpha value is -1.39. The van der Waals surface area contributed by atoms with E-state index in [1.54, 1.807) is 0 Å². The van der Waals surface area contributed by atoms with E-state index in [9.17, 15) is 9.90 Å². The summed E-state index contributed by atoms with van der Waals surface area (Å²) >= 11 is 0. The first kappa shape index (κ1) is 15.0. The van der Waals surface area contributed by atoms with Crippen LogP contribution in [0.25, 0.3) is 0 Å². The first-order chi connectivity index (χ1) is 9.66.